The minimum absolute atomic E-state index is 0.271. The molecule has 2 aromatic carbocycles. The highest BCUT2D eigenvalue weighted by Crippen LogP contribution is 2.33. The highest BCUT2D eigenvalue weighted by molar-refractivity contribution is 9.10. The van der Waals surface area contributed by atoms with Gasteiger partial charge in [0.25, 0.3) is 0 Å². The average Bonchev–Trinajstić information content (AvgIpc) is 2.87. The van der Waals surface area contributed by atoms with E-state index in [1.165, 1.54) is 24.3 Å². The van der Waals surface area contributed by atoms with E-state index in [0.717, 1.165) is 10.9 Å². The highest BCUT2D eigenvalue weighted by atomic mass is 79.9. The molecule has 0 aliphatic heterocycles. The number of ether oxygens (including phenoxy) is 2. The molecule has 29 heavy (non-hydrogen) atoms. The standard InChI is InChI=1S/C21H19BrF3NO3/c1-20(2,3)29-19(27)18-17(22)15-6-4-5-7-16(15)26(18)12-13-8-10-14(11-9-13)28-21(23,24)25/h4-11H,12H2,1-3H3. The van der Waals surface area contributed by atoms with E-state index in [2.05, 4.69) is 20.7 Å². The van der Waals surface area contributed by atoms with Gasteiger partial charge in [0.1, 0.15) is 17.0 Å². The summed E-state index contributed by atoms with van der Waals surface area (Å²) in [5.41, 5.74) is 1.18. The van der Waals surface area contributed by atoms with Crippen molar-refractivity contribution < 1.29 is 27.4 Å². The Morgan fingerprint density at radius 1 is 1.03 bits per heavy atom. The second-order valence-corrected chi connectivity index (χ2v) is 8.25. The predicted octanol–water partition coefficient (Wildman–Crippen LogP) is 6.31. The van der Waals surface area contributed by atoms with E-state index in [0.29, 0.717) is 15.7 Å². The second-order valence-electron chi connectivity index (χ2n) is 7.46. The van der Waals surface area contributed by atoms with Crippen LogP contribution >= 0.6 is 15.9 Å². The molecule has 0 saturated heterocycles. The number of nitrogens with zero attached hydrogens (tertiary/aromatic N) is 1. The van der Waals surface area contributed by atoms with Gasteiger partial charge in [0.15, 0.2) is 0 Å². The largest absolute Gasteiger partial charge is 0.573 e. The zero-order valence-electron chi connectivity index (χ0n) is 16.0. The first-order valence-electron chi connectivity index (χ1n) is 8.79. The number of carbonyl (C=O) groups is 1. The lowest BCUT2D eigenvalue weighted by molar-refractivity contribution is -0.274. The average molecular weight is 470 g/mol. The van der Waals surface area contributed by atoms with Gasteiger partial charge in [-0.25, -0.2) is 4.79 Å². The molecule has 3 rings (SSSR count). The summed E-state index contributed by atoms with van der Waals surface area (Å²) in [4.78, 5) is 12.9. The van der Waals surface area contributed by atoms with Crippen LogP contribution in [0.5, 0.6) is 5.75 Å². The molecular formula is C21H19BrF3NO3. The Hall–Kier alpha value is -2.48. The van der Waals surface area contributed by atoms with Crippen molar-refractivity contribution in [2.75, 3.05) is 0 Å². The molecule has 0 fully saturated rings. The number of hydrogen-bond donors (Lipinski definition) is 0. The summed E-state index contributed by atoms with van der Waals surface area (Å²) < 4.78 is 48.9. The van der Waals surface area contributed by atoms with E-state index < -0.39 is 17.9 Å². The van der Waals surface area contributed by atoms with E-state index in [1.54, 1.807) is 25.3 Å². The van der Waals surface area contributed by atoms with E-state index in [9.17, 15) is 18.0 Å². The van der Waals surface area contributed by atoms with Gasteiger partial charge in [-0.1, -0.05) is 30.3 Å². The van der Waals surface area contributed by atoms with E-state index in [4.69, 9.17) is 4.74 Å². The van der Waals surface area contributed by atoms with Crippen LogP contribution in [0.1, 0.15) is 36.8 Å². The maximum absolute atomic E-state index is 12.9. The van der Waals surface area contributed by atoms with Crippen LogP contribution in [-0.4, -0.2) is 22.5 Å². The van der Waals surface area contributed by atoms with Gasteiger partial charge in [-0.05, 0) is 60.5 Å². The molecule has 0 unspecified atom stereocenters. The summed E-state index contributed by atoms with van der Waals surface area (Å²) in [6.45, 7) is 5.62. The molecule has 0 radical (unpaired) electrons. The van der Waals surface area contributed by atoms with Gasteiger partial charge in [0.05, 0.1) is 9.99 Å². The van der Waals surface area contributed by atoms with Gasteiger partial charge in [-0.2, -0.15) is 0 Å². The molecule has 0 aliphatic rings. The van der Waals surface area contributed by atoms with Gasteiger partial charge in [0.2, 0.25) is 0 Å². The predicted molar refractivity (Wildman–Crippen MR) is 107 cm³/mol. The van der Waals surface area contributed by atoms with Crippen molar-refractivity contribution in [1.29, 1.82) is 0 Å². The minimum atomic E-state index is -4.74. The number of hydrogen-bond acceptors (Lipinski definition) is 3. The maximum Gasteiger partial charge on any atom is 0.573 e. The number of alkyl halides is 3. The van der Waals surface area contributed by atoms with Crippen molar-refractivity contribution in [1.82, 2.24) is 4.57 Å². The third-order valence-corrected chi connectivity index (χ3v) is 4.80. The molecule has 8 heteroatoms. The van der Waals surface area contributed by atoms with Crippen molar-refractivity contribution in [2.45, 2.75) is 39.3 Å². The van der Waals surface area contributed by atoms with E-state index in [-0.39, 0.29) is 12.3 Å². The molecule has 4 nitrogen and oxygen atoms in total. The van der Waals surface area contributed by atoms with Crippen molar-refractivity contribution in [3.05, 3.63) is 64.3 Å². The number of para-hydroxylation sites is 1. The van der Waals surface area contributed by atoms with Crippen molar-refractivity contribution in [2.24, 2.45) is 0 Å². The number of carbonyl (C=O) groups excluding carboxylic acids is 1. The first-order valence-corrected chi connectivity index (χ1v) is 9.59. The molecule has 1 aromatic heterocycles. The highest BCUT2D eigenvalue weighted by Gasteiger charge is 2.31. The van der Waals surface area contributed by atoms with Crippen LogP contribution in [0.25, 0.3) is 10.9 Å². The van der Waals surface area contributed by atoms with Crippen LogP contribution < -0.4 is 4.74 Å². The fourth-order valence-electron chi connectivity index (χ4n) is 2.93. The number of rotatable bonds is 4. The second kappa shape index (κ2) is 7.74. The maximum atomic E-state index is 12.9. The number of esters is 1. The Labute approximate surface area is 174 Å². The molecule has 0 spiro atoms. The lowest BCUT2D eigenvalue weighted by Crippen LogP contribution is -2.25. The van der Waals surface area contributed by atoms with Crippen LogP contribution in [0.2, 0.25) is 0 Å². The fourth-order valence-corrected chi connectivity index (χ4v) is 3.64. The van der Waals surface area contributed by atoms with Gasteiger partial charge in [-0.15, -0.1) is 13.2 Å². The summed E-state index contributed by atoms with van der Waals surface area (Å²) in [6, 6.07) is 13.0. The monoisotopic (exact) mass is 469 g/mol. The van der Waals surface area contributed by atoms with Crippen molar-refractivity contribution in [3.8, 4) is 5.75 Å². The molecular weight excluding hydrogens is 451 g/mol. The smallest absolute Gasteiger partial charge is 0.455 e. The normalized spacial score (nSPS) is 12.2. The lowest BCUT2D eigenvalue weighted by Gasteiger charge is -2.20. The van der Waals surface area contributed by atoms with Gasteiger partial charge in [-0.3, -0.25) is 0 Å². The summed E-state index contributed by atoms with van der Waals surface area (Å²) in [7, 11) is 0. The molecule has 0 saturated carbocycles. The van der Waals surface area contributed by atoms with Crippen molar-refractivity contribution in [3.63, 3.8) is 0 Å². The fraction of sp³-hybridized carbons (Fsp3) is 0.286. The lowest BCUT2D eigenvalue weighted by atomic mass is 10.2. The summed E-state index contributed by atoms with van der Waals surface area (Å²) in [5.74, 6) is -0.787. The van der Waals surface area contributed by atoms with Crippen molar-refractivity contribution >= 4 is 32.8 Å². The summed E-state index contributed by atoms with van der Waals surface area (Å²) in [5, 5.41) is 0.838. The van der Waals surface area contributed by atoms with Crippen LogP contribution in [0.15, 0.2) is 53.0 Å². The summed E-state index contributed by atoms with van der Waals surface area (Å²) >= 11 is 3.50. The van der Waals surface area contributed by atoms with Crippen LogP contribution in [0.4, 0.5) is 13.2 Å². The molecule has 3 aromatic rings. The molecule has 154 valence electrons. The Bertz CT molecular complexity index is 1030. The SMILES string of the molecule is CC(C)(C)OC(=O)c1c(Br)c2ccccc2n1Cc1ccc(OC(F)(F)F)cc1. The molecule has 0 atom stereocenters. The number of aromatic nitrogens is 1. The topological polar surface area (TPSA) is 40.5 Å². The van der Waals surface area contributed by atoms with Crippen LogP contribution in [-0.2, 0) is 11.3 Å². The van der Waals surface area contributed by atoms with Gasteiger partial charge >= 0.3 is 12.3 Å². The number of halogens is 4. The van der Waals surface area contributed by atoms with Gasteiger partial charge < -0.3 is 14.0 Å². The zero-order valence-corrected chi connectivity index (χ0v) is 17.6. The number of benzene rings is 2. The third-order valence-electron chi connectivity index (χ3n) is 4.00. The zero-order chi connectivity index (χ0) is 21.4. The third kappa shape index (κ3) is 5.12. The molecule has 1 heterocycles. The quantitative estimate of drug-likeness (QED) is 0.420. The molecule has 0 N–H and O–H groups in total. The molecule has 0 bridgehead atoms. The van der Waals surface area contributed by atoms with Crippen LogP contribution in [0.3, 0.4) is 0 Å². The molecule has 0 amide bonds. The Kier molecular flexibility index (Phi) is 5.67. The first kappa shape index (κ1) is 21.2. The van der Waals surface area contributed by atoms with E-state index in [1.807, 2.05) is 24.3 Å². The minimum Gasteiger partial charge on any atom is -0.455 e. The van der Waals surface area contributed by atoms with Gasteiger partial charge in [0, 0.05) is 11.9 Å². The Balaban J connectivity index is 2.00. The Morgan fingerprint density at radius 3 is 2.24 bits per heavy atom. The summed E-state index contributed by atoms with van der Waals surface area (Å²) in [6.07, 6.45) is -4.74. The number of fused-ring (bicyclic) bond motifs is 1. The first-order chi connectivity index (χ1) is 13.4. The Morgan fingerprint density at radius 2 is 1.66 bits per heavy atom. The van der Waals surface area contributed by atoms with Crippen LogP contribution in [0, 0.1) is 0 Å². The molecule has 0 aliphatic carbocycles. The van der Waals surface area contributed by atoms with E-state index >= 15 is 0 Å².